The number of fused-ring (bicyclic) bond motifs is 3. The Bertz CT molecular complexity index is 1080. The Labute approximate surface area is 170 Å². The minimum Gasteiger partial charge on any atom is -0.355 e. The molecule has 1 amide bonds. The van der Waals surface area contributed by atoms with Crippen molar-refractivity contribution in [1.82, 2.24) is 24.6 Å². The normalized spacial score (nSPS) is 17.4. The molecule has 154 valence electrons. The molecule has 0 bridgehead atoms. The Morgan fingerprint density at radius 1 is 1.28 bits per heavy atom. The summed E-state index contributed by atoms with van der Waals surface area (Å²) >= 11 is 0. The number of likely N-dealkylation sites (tertiary alicyclic amines) is 1. The van der Waals surface area contributed by atoms with Gasteiger partial charge in [-0.25, -0.2) is 4.68 Å². The maximum atomic E-state index is 12.7. The number of nitrogens with zero attached hydrogens (tertiary/aromatic N) is 4. The lowest BCUT2D eigenvalue weighted by atomic mass is 10.2. The van der Waals surface area contributed by atoms with Crippen molar-refractivity contribution in [3.05, 3.63) is 40.8 Å². The molecule has 7 heteroatoms. The number of rotatable bonds is 7. The Morgan fingerprint density at radius 2 is 2.10 bits per heavy atom. The third kappa shape index (κ3) is 3.79. The summed E-state index contributed by atoms with van der Waals surface area (Å²) in [6.45, 7) is 5.70. The summed E-state index contributed by atoms with van der Waals surface area (Å²) in [7, 11) is 1.67. The standard InChI is InChI=1S/C22H29N5O2/c1-3-26-12-6-8-16(26)14-23-20(28)11-7-13-27-19-10-5-4-9-17(19)18-15-24-25(2)22(29)21(18)27/h4-5,9-10,15-16H,3,6-8,11-14H2,1-2H3,(H,23,28)/t16-/m0/s1. The minimum absolute atomic E-state index is 0.0864. The smallest absolute Gasteiger partial charge is 0.291 e. The van der Waals surface area contributed by atoms with Crippen LogP contribution in [0.1, 0.15) is 32.6 Å². The van der Waals surface area contributed by atoms with Gasteiger partial charge in [-0.1, -0.05) is 25.1 Å². The van der Waals surface area contributed by atoms with E-state index in [9.17, 15) is 9.59 Å². The van der Waals surface area contributed by atoms with Crippen molar-refractivity contribution in [2.75, 3.05) is 19.6 Å². The number of para-hydroxylation sites is 1. The van der Waals surface area contributed by atoms with Gasteiger partial charge < -0.3 is 9.88 Å². The van der Waals surface area contributed by atoms with Crippen LogP contribution in [0.3, 0.4) is 0 Å². The van der Waals surface area contributed by atoms with Crippen LogP contribution in [0.5, 0.6) is 0 Å². The maximum Gasteiger partial charge on any atom is 0.291 e. The first kappa shape index (κ1) is 19.6. The average Bonchev–Trinajstić information content (AvgIpc) is 3.32. The van der Waals surface area contributed by atoms with Gasteiger partial charge in [-0.3, -0.25) is 14.5 Å². The van der Waals surface area contributed by atoms with Gasteiger partial charge in [-0.15, -0.1) is 0 Å². The summed E-state index contributed by atoms with van der Waals surface area (Å²) in [5.41, 5.74) is 1.57. The Morgan fingerprint density at radius 3 is 2.93 bits per heavy atom. The number of hydrogen-bond acceptors (Lipinski definition) is 4. The summed E-state index contributed by atoms with van der Waals surface area (Å²) in [6.07, 6.45) is 5.27. The first-order valence-electron chi connectivity index (χ1n) is 10.5. The molecule has 1 saturated heterocycles. The second-order valence-electron chi connectivity index (χ2n) is 7.84. The zero-order valence-electron chi connectivity index (χ0n) is 17.2. The SMILES string of the molecule is CCN1CCC[C@H]1CNC(=O)CCCn1c2ccccc2c2cnn(C)c(=O)c21. The van der Waals surface area contributed by atoms with E-state index in [0.29, 0.717) is 30.9 Å². The van der Waals surface area contributed by atoms with Gasteiger partial charge in [0.2, 0.25) is 5.91 Å². The number of aromatic nitrogens is 3. The highest BCUT2D eigenvalue weighted by Gasteiger charge is 2.23. The number of likely N-dealkylation sites (N-methyl/N-ethyl adjacent to an activating group) is 1. The van der Waals surface area contributed by atoms with Gasteiger partial charge in [-0.05, 0) is 38.4 Å². The van der Waals surface area contributed by atoms with E-state index in [2.05, 4.69) is 22.2 Å². The van der Waals surface area contributed by atoms with Crippen molar-refractivity contribution in [2.24, 2.45) is 7.05 Å². The molecule has 0 saturated carbocycles. The maximum absolute atomic E-state index is 12.7. The fourth-order valence-electron chi connectivity index (χ4n) is 4.53. The zero-order valence-corrected chi connectivity index (χ0v) is 17.2. The fraction of sp³-hybridized carbons (Fsp3) is 0.500. The molecule has 1 N–H and O–H groups in total. The first-order valence-corrected chi connectivity index (χ1v) is 10.5. The van der Waals surface area contributed by atoms with E-state index in [-0.39, 0.29) is 11.5 Å². The van der Waals surface area contributed by atoms with Gasteiger partial charge in [0, 0.05) is 48.9 Å². The van der Waals surface area contributed by atoms with Crippen molar-refractivity contribution < 1.29 is 4.79 Å². The van der Waals surface area contributed by atoms with Gasteiger partial charge in [0.25, 0.3) is 5.56 Å². The molecule has 1 aromatic carbocycles. The largest absolute Gasteiger partial charge is 0.355 e. The van der Waals surface area contributed by atoms with E-state index in [1.165, 1.54) is 11.1 Å². The molecule has 1 atom stereocenters. The van der Waals surface area contributed by atoms with Crippen molar-refractivity contribution in [3.8, 4) is 0 Å². The molecule has 7 nitrogen and oxygen atoms in total. The molecule has 1 fully saturated rings. The molecule has 29 heavy (non-hydrogen) atoms. The number of amides is 1. The quantitative estimate of drug-likeness (QED) is 0.666. The van der Waals surface area contributed by atoms with E-state index in [0.717, 1.165) is 42.3 Å². The first-order chi connectivity index (χ1) is 14.1. The zero-order chi connectivity index (χ0) is 20.4. The van der Waals surface area contributed by atoms with Crippen LogP contribution >= 0.6 is 0 Å². The number of carbonyl (C=O) groups excluding carboxylic acids is 1. The Kier molecular flexibility index (Phi) is 5.67. The lowest BCUT2D eigenvalue weighted by molar-refractivity contribution is -0.121. The molecule has 2 aromatic heterocycles. The second-order valence-corrected chi connectivity index (χ2v) is 7.84. The Balaban J connectivity index is 1.45. The number of benzene rings is 1. The van der Waals surface area contributed by atoms with Crippen molar-refractivity contribution in [3.63, 3.8) is 0 Å². The van der Waals surface area contributed by atoms with Crippen LogP contribution in [-0.4, -0.2) is 50.8 Å². The summed E-state index contributed by atoms with van der Waals surface area (Å²) in [4.78, 5) is 27.5. The molecule has 0 unspecified atom stereocenters. The van der Waals surface area contributed by atoms with E-state index in [1.54, 1.807) is 13.2 Å². The van der Waals surface area contributed by atoms with Crippen LogP contribution in [-0.2, 0) is 18.4 Å². The minimum atomic E-state index is -0.107. The highest BCUT2D eigenvalue weighted by Crippen LogP contribution is 2.26. The summed E-state index contributed by atoms with van der Waals surface area (Å²) in [5, 5.41) is 9.17. The van der Waals surface area contributed by atoms with E-state index in [4.69, 9.17) is 0 Å². The number of aryl methyl sites for hydroxylation is 2. The van der Waals surface area contributed by atoms with Crippen LogP contribution in [0.2, 0.25) is 0 Å². The Hall–Kier alpha value is -2.67. The third-order valence-electron chi connectivity index (χ3n) is 6.09. The predicted molar refractivity (Wildman–Crippen MR) is 115 cm³/mol. The lowest BCUT2D eigenvalue weighted by Gasteiger charge is -2.22. The summed E-state index contributed by atoms with van der Waals surface area (Å²) < 4.78 is 3.41. The van der Waals surface area contributed by atoms with Crippen LogP contribution in [0.15, 0.2) is 35.3 Å². The summed E-state index contributed by atoms with van der Waals surface area (Å²) in [6, 6.07) is 8.46. The monoisotopic (exact) mass is 395 g/mol. The molecule has 1 aliphatic rings. The molecule has 3 aromatic rings. The molecule has 1 aliphatic heterocycles. The predicted octanol–water partition coefficient (Wildman–Crippen LogP) is 2.27. The van der Waals surface area contributed by atoms with Crippen molar-refractivity contribution in [1.29, 1.82) is 0 Å². The van der Waals surface area contributed by atoms with Gasteiger partial charge in [0.05, 0.1) is 6.20 Å². The average molecular weight is 396 g/mol. The highest BCUT2D eigenvalue weighted by molar-refractivity contribution is 6.07. The lowest BCUT2D eigenvalue weighted by Crippen LogP contribution is -2.40. The number of nitrogens with one attached hydrogen (secondary N) is 1. The van der Waals surface area contributed by atoms with E-state index < -0.39 is 0 Å². The van der Waals surface area contributed by atoms with Gasteiger partial charge in [0.1, 0.15) is 5.52 Å². The molecule has 3 heterocycles. The van der Waals surface area contributed by atoms with Gasteiger partial charge >= 0.3 is 0 Å². The van der Waals surface area contributed by atoms with Crippen LogP contribution < -0.4 is 10.9 Å². The van der Waals surface area contributed by atoms with Gasteiger partial charge in [0.15, 0.2) is 0 Å². The van der Waals surface area contributed by atoms with Crippen LogP contribution in [0.4, 0.5) is 0 Å². The van der Waals surface area contributed by atoms with Gasteiger partial charge in [-0.2, -0.15) is 5.10 Å². The van der Waals surface area contributed by atoms with E-state index >= 15 is 0 Å². The molecular weight excluding hydrogens is 366 g/mol. The fourth-order valence-corrected chi connectivity index (χ4v) is 4.53. The molecule has 0 aliphatic carbocycles. The number of carbonyl (C=O) groups is 1. The topological polar surface area (TPSA) is 72.2 Å². The van der Waals surface area contributed by atoms with Crippen molar-refractivity contribution in [2.45, 2.75) is 45.2 Å². The van der Waals surface area contributed by atoms with Crippen LogP contribution in [0.25, 0.3) is 21.8 Å². The van der Waals surface area contributed by atoms with Crippen LogP contribution in [0, 0.1) is 0 Å². The van der Waals surface area contributed by atoms with E-state index in [1.807, 2.05) is 28.8 Å². The highest BCUT2D eigenvalue weighted by atomic mass is 16.1. The van der Waals surface area contributed by atoms with Crippen molar-refractivity contribution >= 4 is 27.7 Å². The molecule has 0 radical (unpaired) electrons. The summed E-state index contributed by atoms with van der Waals surface area (Å²) in [5.74, 6) is 0.0864. The second kappa shape index (κ2) is 8.37. The molecule has 0 spiro atoms. The number of hydrogen-bond donors (Lipinski definition) is 1. The molecule has 4 rings (SSSR count). The third-order valence-corrected chi connectivity index (χ3v) is 6.09. The molecular formula is C22H29N5O2.